The fourth-order valence-electron chi connectivity index (χ4n) is 5.78. The Bertz CT molecular complexity index is 680. The van der Waals surface area contributed by atoms with Crippen LogP contribution in [0.25, 0.3) is 0 Å². The molecule has 3 aliphatic rings. The molecular formula is C24H32O2. The lowest BCUT2D eigenvalue weighted by atomic mass is 9.55. The van der Waals surface area contributed by atoms with E-state index >= 15 is 0 Å². The molecule has 5 atom stereocenters. The zero-order chi connectivity index (χ0) is 18.9. The zero-order valence-corrected chi connectivity index (χ0v) is 16.3. The van der Waals surface area contributed by atoms with Gasteiger partial charge < -0.3 is 4.74 Å². The predicted octanol–water partition coefficient (Wildman–Crippen LogP) is 5.79. The number of ether oxygens (including phenoxy) is 1. The second-order valence-corrected chi connectivity index (χ2v) is 8.46. The molecule has 0 spiro atoms. The number of methoxy groups -OCH3 is 1. The van der Waals surface area contributed by atoms with Gasteiger partial charge in [-0.25, -0.2) is 0 Å². The first-order valence-electron chi connectivity index (χ1n) is 9.86. The predicted molar refractivity (Wildman–Crippen MR) is 107 cm³/mol. The molecular weight excluding hydrogens is 320 g/mol. The van der Waals surface area contributed by atoms with Crippen molar-refractivity contribution >= 4 is 5.78 Å². The van der Waals surface area contributed by atoms with Gasteiger partial charge in [-0.05, 0) is 55.4 Å². The minimum atomic E-state index is -0.166. The normalized spacial score (nSPS) is 38.3. The molecule has 2 nitrogen and oxygen atoms in total. The fourth-order valence-corrected chi connectivity index (χ4v) is 5.78. The Labute approximate surface area is 158 Å². The van der Waals surface area contributed by atoms with Crippen LogP contribution in [0.2, 0.25) is 0 Å². The average Bonchev–Trinajstić information content (AvgIpc) is 2.88. The summed E-state index contributed by atoms with van der Waals surface area (Å²) in [5.41, 5.74) is 2.51. The van der Waals surface area contributed by atoms with E-state index in [0.717, 1.165) is 37.9 Å². The SMILES string of the molecule is C=C/C=C\C=C1/C(=C)CCC2C1CCC1(C)C(=O)C(CC(=C)OC)CC21. The average molecular weight is 353 g/mol. The summed E-state index contributed by atoms with van der Waals surface area (Å²) >= 11 is 0. The summed E-state index contributed by atoms with van der Waals surface area (Å²) in [4.78, 5) is 13.2. The minimum Gasteiger partial charge on any atom is -0.502 e. The Kier molecular flexibility index (Phi) is 5.41. The lowest BCUT2D eigenvalue weighted by molar-refractivity contribution is -0.132. The number of Topliss-reactive ketones (excluding diaryl/α,β-unsaturated/α-hetero) is 1. The third kappa shape index (κ3) is 3.15. The lowest BCUT2D eigenvalue weighted by Gasteiger charge is -2.49. The van der Waals surface area contributed by atoms with Crippen molar-refractivity contribution in [3.8, 4) is 0 Å². The summed E-state index contributed by atoms with van der Waals surface area (Å²) in [5, 5.41) is 0. The maximum Gasteiger partial charge on any atom is 0.142 e. The van der Waals surface area contributed by atoms with Crippen molar-refractivity contribution < 1.29 is 9.53 Å². The molecule has 0 amide bonds. The Morgan fingerprint density at radius 3 is 2.81 bits per heavy atom. The van der Waals surface area contributed by atoms with Crippen LogP contribution in [0.1, 0.15) is 45.4 Å². The van der Waals surface area contributed by atoms with Gasteiger partial charge in [-0.1, -0.05) is 56.5 Å². The number of ketones is 1. The number of rotatable bonds is 5. The first-order valence-corrected chi connectivity index (χ1v) is 9.86. The van der Waals surface area contributed by atoms with Crippen molar-refractivity contribution in [1.82, 2.24) is 0 Å². The highest BCUT2D eigenvalue weighted by atomic mass is 16.5. The molecule has 0 aromatic carbocycles. The van der Waals surface area contributed by atoms with Crippen LogP contribution in [0.15, 0.2) is 60.9 Å². The number of allylic oxidation sites excluding steroid dienone is 7. The van der Waals surface area contributed by atoms with Crippen LogP contribution in [0, 0.1) is 29.1 Å². The van der Waals surface area contributed by atoms with Gasteiger partial charge in [0.25, 0.3) is 0 Å². The molecule has 0 heterocycles. The van der Waals surface area contributed by atoms with Crippen molar-refractivity contribution in [2.75, 3.05) is 7.11 Å². The standard InChI is InChI=1S/C24H32O2/c1-6-7-8-9-19-16(2)10-11-21-20(19)12-13-24(4)22(21)15-18(23(24)25)14-17(3)26-5/h6-9,18,20-22H,1-3,10-15H2,4-5H3/b8-7-,19-9+. The van der Waals surface area contributed by atoms with Crippen molar-refractivity contribution in [1.29, 1.82) is 0 Å². The molecule has 0 radical (unpaired) electrons. The van der Waals surface area contributed by atoms with E-state index in [2.05, 4.69) is 38.8 Å². The molecule has 5 unspecified atom stereocenters. The molecule has 3 fully saturated rings. The van der Waals surface area contributed by atoms with Gasteiger partial charge in [-0.2, -0.15) is 0 Å². The van der Waals surface area contributed by atoms with Gasteiger partial charge in [0.15, 0.2) is 0 Å². The largest absolute Gasteiger partial charge is 0.502 e. The monoisotopic (exact) mass is 352 g/mol. The van der Waals surface area contributed by atoms with E-state index in [9.17, 15) is 4.79 Å². The van der Waals surface area contributed by atoms with Crippen LogP contribution in [0.3, 0.4) is 0 Å². The molecule has 0 aliphatic heterocycles. The van der Waals surface area contributed by atoms with Gasteiger partial charge >= 0.3 is 0 Å². The fraction of sp³-hybridized carbons (Fsp3) is 0.542. The molecule has 2 heteroatoms. The summed E-state index contributed by atoms with van der Waals surface area (Å²) in [6.45, 7) is 14.2. The number of fused-ring (bicyclic) bond motifs is 3. The molecule has 0 N–H and O–H groups in total. The van der Waals surface area contributed by atoms with Gasteiger partial charge in [0.05, 0.1) is 12.9 Å². The zero-order valence-electron chi connectivity index (χ0n) is 16.3. The van der Waals surface area contributed by atoms with E-state index in [1.54, 1.807) is 13.2 Å². The van der Waals surface area contributed by atoms with Crippen molar-refractivity contribution in [2.45, 2.75) is 45.4 Å². The Morgan fingerprint density at radius 1 is 1.35 bits per heavy atom. The summed E-state index contributed by atoms with van der Waals surface area (Å²) < 4.78 is 5.26. The van der Waals surface area contributed by atoms with Gasteiger partial charge in [-0.15, -0.1) is 0 Å². The van der Waals surface area contributed by atoms with Gasteiger partial charge in [0.2, 0.25) is 0 Å². The minimum absolute atomic E-state index is 0.0782. The highest BCUT2D eigenvalue weighted by molar-refractivity contribution is 5.89. The van der Waals surface area contributed by atoms with Crippen LogP contribution >= 0.6 is 0 Å². The number of hydrogen-bond acceptors (Lipinski definition) is 2. The molecule has 140 valence electrons. The summed E-state index contributed by atoms with van der Waals surface area (Å²) in [7, 11) is 1.65. The Morgan fingerprint density at radius 2 is 2.12 bits per heavy atom. The molecule has 26 heavy (non-hydrogen) atoms. The molecule has 0 aromatic rings. The maximum atomic E-state index is 13.2. The third-order valence-electron chi connectivity index (χ3n) is 7.17. The number of carbonyl (C=O) groups excluding carboxylic acids is 1. The van der Waals surface area contributed by atoms with Crippen molar-refractivity contribution in [2.24, 2.45) is 29.1 Å². The van der Waals surface area contributed by atoms with Crippen LogP contribution in [0.4, 0.5) is 0 Å². The molecule has 3 saturated carbocycles. The van der Waals surface area contributed by atoms with Crippen LogP contribution in [0.5, 0.6) is 0 Å². The Balaban J connectivity index is 1.86. The van der Waals surface area contributed by atoms with Crippen molar-refractivity contribution in [3.05, 3.63) is 60.9 Å². The van der Waals surface area contributed by atoms with Gasteiger partial charge in [-0.3, -0.25) is 4.79 Å². The van der Waals surface area contributed by atoms with E-state index < -0.39 is 0 Å². The van der Waals surface area contributed by atoms with E-state index in [1.807, 2.05) is 6.08 Å². The van der Waals surface area contributed by atoms with E-state index in [-0.39, 0.29) is 11.3 Å². The second kappa shape index (κ2) is 7.42. The highest BCUT2D eigenvalue weighted by Crippen LogP contribution is 2.61. The number of carbonyl (C=O) groups is 1. The molecule has 0 saturated heterocycles. The van der Waals surface area contributed by atoms with E-state index in [1.165, 1.54) is 11.1 Å². The second-order valence-electron chi connectivity index (χ2n) is 8.46. The highest BCUT2D eigenvalue weighted by Gasteiger charge is 2.58. The summed E-state index contributed by atoms with van der Waals surface area (Å²) in [6.07, 6.45) is 14.0. The van der Waals surface area contributed by atoms with Gasteiger partial charge in [0, 0.05) is 17.8 Å². The van der Waals surface area contributed by atoms with Crippen molar-refractivity contribution in [3.63, 3.8) is 0 Å². The molecule has 3 aliphatic carbocycles. The van der Waals surface area contributed by atoms with E-state index in [0.29, 0.717) is 30.0 Å². The number of hydrogen-bond donors (Lipinski definition) is 0. The quantitative estimate of drug-likeness (QED) is 0.462. The third-order valence-corrected chi connectivity index (χ3v) is 7.17. The lowest BCUT2D eigenvalue weighted by Crippen LogP contribution is -2.43. The topological polar surface area (TPSA) is 26.3 Å². The van der Waals surface area contributed by atoms with Crippen LogP contribution in [-0.4, -0.2) is 12.9 Å². The van der Waals surface area contributed by atoms with Crippen LogP contribution in [-0.2, 0) is 9.53 Å². The summed E-state index contributed by atoms with van der Waals surface area (Å²) in [5.74, 6) is 2.86. The maximum absolute atomic E-state index is 13.2. The molecule has 0 bridgehead atoms. The van der Waals surface area contributed by atoms with Gasteiger partial charge in [0.1, 0.15) is 5.78 Å². The Hall–Kier alpha value is -1.83. The van der Waals surface area contributed by atoms with E-state index in [4.69, 9.17) is 4.74 Å². The summed E-state index contributed by atoms with van der Waals surface area (Å²) in [6, 6.07) is 0. The first-order chi connectivity index (χ1) is 12.4. The molecule has 0 aromatic heterocycles. The first kappa shape index (κ1) is 18.9. The smallest absolute Gasteiger partial charge is 0.142 e. The van der Waals surface area contributed by atoms with Crippen LogP contribution < -0.4 is 0 Å². The molecule has 3 rings (SSSR count).